The second-order valence-corrected chi connectivity index (χ2v) is 13.0. The maximum atomic E-state index is 14.5. The van der Waals surface area contributed by atoms with Gasteiger partial charge < -0.3 is 25.3 Å². The van der Waals surface area contributed by atoms with Crippen LogP contribution in [0.25, 0.3) is 0 Å². The number of rotatable bonds is 16. The number of primary amides is 1. The molecule has 1 aliphatic rings. The lowest BCUT2D eigenvalue weighted by molar-refractivity contribution is -0.126. The number of carbonyl (C=O) groups is 3. The molecule has 4 aromatic rings. The Hall–Kier alpha value is -5.22. The third-order valence-electron chi connectivity index (χ3n) is 8.19. The van der Waals surface area contributed by atoms with Crippen molar-refractivity contribution in [1.29, 1.82) is 0 Å². The lowest BCUT2D eigenvalue weighted by atomic mass is 9.97. The Morgan fingerprint density at radius 3 is 2.43 bits per heavy atom. The van der Waals surface area contributed by atoms with Gasteiger partial charge in [0, 0.05) is 17.8 Å². The number of carbonyl (C=O) groups excluding carboxylic acids is 3. The lowest BCUT2D eigenvalue weighted by Crippen LogP contribution is -2.43. The second-order valence-electron chi connectivity index (χ2n) is 11.6. The maximum Gasteiger partial charge on any atom is 0.248 e. The molecule has 4 aromatic carbocycles. The van der Waals surface area contributed by atoms with Crippen LogP contribution in [0.2, 0.25) is 0 Å². The zero-order chi connectivity index (χ0) is 34.8. The van der Waals surface area contributed by atoms with Crippen molar-refractivity contribution >= 4 is 35.2 Å². The van der Waals surface area contributed by atoms with Crippen LogP contribution in [0.15, 0.2) is 110 Å². The Morgan fingerprint density at radius 2 is 1.73 bits per heavy atom. The van der Waals surface area contributed by atoms with E-state index in [4.69, 9.17) is 19.9 Å². The van der Waals surface area contributed by atoms with E-state index in [1.807, 2.05) is 79.7 Å². The molecule has 254 valence electrons. The molecule has 0 aromatic heterocycles. The van der Waals surface area contributed by atoms with Crippen LogP contribution in [-0.2, 0) is 22.6 Å². The number of anilines is 1. The summed E-state index contributed by atoms with van der Waals surface area (Å²) in [5, 5.41) is 2.51. The SMILES string of the molecule is C=CC[C@]1(CC(=O)NCCc2ccc(OC)c(OCC)c2)SC(c2ccc(OCc3ccccc3)cc2)N(c2cccc(C(N)=O)c2)C1=O. The van der Waals surface area contributed by atoms with Crippen LogP contribution in [0.5, 0.6) is 17.2 Å². The summed E-state index contributed by atoms with van der Waals surface area (Å²) in [5.74, 6) is 0.880. The zero-order valence-electron chi connectivity index (χ0n) is 27.7. The van der Waals surface area contributed by atoms with E-state index in [0.717, 1.165) is 16.7 Å². The van der Waals surface area contributed by atoms with E-state index in [1.165, 1.54) is 11.8 Å². The van der Waals surface area contributed by atoms with Crippen molar-refractivity contribution in [3.8, 4) is 17.2 Å². The second kappa shape index (κ2) is 16.3. The van der Waals surface area contributed by atoms with Crippen molar-refractivity contribution in [3.05, 3.63) is 132 Å². The highest BCUT2D eigenvalue weighted by molar-refractivity contribution is 8.02. The van der Waals surface area contributed by atoms with Crippen LogP contribution in [-0.4, -0.2) is 42.7 Å². The third-order valence-corrected chi connectivity index (χ3v) is 9.83. The largest absolute Gasteiger partial charge is 0.493 e. The van der Waals surface area contributed by atoms with Crippen LogP contribution in [0.4, 0.5) is 5.69 Å². The molecule has 1 aliphatic heterocycles. The molecule has 49 heavy (non-hydrogen) atoms. The van der Waals surface area contributed by atoms with Gasteiger partial charge in [-0.3, -0.25) is 19.3 Å². The average molecular weight is 680 g/mol. The fourth-order valence-electron chi connectivity index (χ4n) is 5.76. The Bertz CT molecular complexity index is 1780. The molecule has 5 rings (SSSR count). The molecule has 2 atom stereocenters. The topological polar surface area (TPSA) is 120 Å². The van der Waals surface area contributed by atoms with Gasteiger partial charge in [0.2, 0.25) is 17.7 Å². The fraction of sp³-hybridized carbons (Fsp3) is 0.256. The quantitative estimate of drug-likeness (QED) is 0.128. The van der Waals surface area contributed by atoms with Crippen LogP contribution in [0.3, 0.4) is 0 Å². The summed E-state index contributed by atoms with van der Waals surface area (Å²) in [6.07, 6.45) is 2.45. The summed E-state index contributed by atoms with van der Waals surface area (Å²) in [7, 11) is 1.59. The van der Waals surface area contributed by atoms with Crippen molar-refractivity contribution in [2.45, 2.75) is 42.9 Å². The van der Waals surface area contributed by atoms with Gasteiger partial charge in [-0.25, -0.2) is 0 Å². The smallest absolute Gasteiger partial charge is 0.248 e. The maximum absolute atomic E-state index is 14.5. The first kappa shape index (κ1) is 35.1. The van der Waals surface area contributed by atoms with Gasteiger partial charge in [0.25, 0.3) is 0 Å². The van der Waals surface area contributed by atoms with Crippen molar-refractivity contribution in [2.24, 2.45) is 5.73 Å². The van der Waals surface area contributed by atoms with E-state index in [9.17, 15) is 14.4 Å². The first-order chi connectivity index (χ1) is 23.8. The summed E-state index contributed by atoms with van der Waals surface area (Å²) < 4.78 is 15.9. The van der Waals surface area contributed by atoms with Gasteiger partial charge in [-0.1, -0.05) is 60.7 Å². The Morgan fingerprint density at radius 1 is 0.959 bits per heavy atom. The molecule has 3 N–H and O–H groups in total. The Labute approximate surface area is 291 Å². The van der Waals surface area contributed by atoms with Crippen LogP contribution >= 0.6 is 11.8 Å². The molecule has 1 saturated heterocycles. The molecule has 0 radical (unpaired) electrons. The van der Waals surface area contributed by atoms with Gasteiger partial charge in [0.15, 0.2) is 11.5 Å². The monoisotopic (exact) mass is 679 g/mol. The Kier molecular flexibility index (Phi) is 11.6. The molecule has 10 heteroatoms. The molecule has 1 unspecified atom stereocenters. The van der Waals surface area contributed by atoms with Crippen molar-refractivity contribution in [1.82, 2.24) is 5.32 Å². The Balaban J connectivity index is 1.36. The number of nitrogens with zero attached hydrogens (tertiary/aromatic N) is 1. The van der Waals surface area contributed by atoms with E-state index in [2.05, 4.69) is 11.9 Å². The number of allylic oxidation sites excluding steroid dienone is 1. The number of methoxy groups -OCH3 is 1. The van der Waals surface area contributed by atoms with E-state index >= 15 is 0 Å². The van der Waals surface area contributed by atoms with Crippen molar-refractivity contribution < 1.29 is 28.6 Å². The van der Waals surface area contributed by atoms with E-state index in [-0.39, 0.29) is 30.2 Å². The van der Waals surface area contributed by atoms with Gasteiger partial charge in [-0.15, -0.1) is 18.3 Å². The van der Waals surface area contributed by atoms with Gasteiger partial charge in [-0.2, -0.15) is 0 Å². The molecule has 0 aliphatic carbocycles. The number of thioether (sulfide) groups is 1. The third kappa shape index (κ3) is 8.45. The molecule has 0 bridgehead atoms. The highest BCUT2D eigenvalue weighted by Crippen LogP contribution is 2.54. The van der Waals surface area contributed by atoms with Crippen molar-refractivity contribution in [3.63, 3.8) is 0 Å². The van der Waals surface area contributed by atoms with Gasteiger partial charge >= 0.3 is 0 Å². The molecule has 0 spiro atoms. The van der Waals surface area contributed by atoms with Gasteiger partial charge in [-0.05, 0) is 78.9 Å². The predicted molar refractivity (Wildman–Crippen MR) is 193 cm³/mol. The van der Waals surface area contributed by atoms with Crippen LogP contribution in [0.1, 0.15) is 52.2 Å². The normalized spacial score (nSPS) is 17.0. The number of hydrogen-bond acceptors (Lipinski definition) is 7. The minimum Gasteiger partial charge on any atom is -0.493 e. The summed E-state index contributed by atoms with van der Waals surface area (Å²) >= 11 is 1.40. The summed E-state index contributed by atoms with van der Waals surface area (Å²) in [5.41, 5.74) is 9.27. The number of benzene rings is 4. The summed E-state index contributed by atoms with van der Waals surface area (Å²) in [6, 6.07) is 29.9. The molecule has 1 heterocycles. The average Bonchev–Trinajstić information content (AvgIpc) is 3.39. The summed E-state index contributed by atoms with van der Waals surface area (Å²) in [6.45, 7) is 7.13. The van der Waals surface area contributed by atoms with Gasteiger partial charge in [0.05, 0.1) is 20.1 Å². The number of amides is 3. The molecular formula is C39H41N3O6S. The molecule has 1 fully saturated rings. The number of nitrogens with one attached hydrogen (secondary N) is 1. The zero-order valence-corrected chi connectivity index (χ0v) is 28.5. The highest BCUT2D eigenvalue weighted by Gasteiger charge is 2.53. The number of nitrogens with two attached hydrogens (primary N) is 1. The first-order valence-corrected chi connectivity index (χ1v) is 17.0. The predicted octanol–water partition coefficient (Wildman–Crippen LogP) is 6.61. The molecule has 3 amide bonds. The van der Waals surface area contributed by atoms with E-state index in [0.29, 0.717) is 49.1 Å². The van der Waals surface area contributed by atoms with Crippen LogP contribution in [0, 0.1) is 0 Å². The highest BCUT2D eigenvalue weighted by atomic mass is 32.2. The standard InChI is InChI=1S/C39H41N3O6S/c1-4-21-39(25-35(43)41-22-20-27-14-19-33(46-3)34(23-27)47-5-2)38(45)42(31-13-9-12-30(24-31)36(40)44)37(49-39)29-15-17-32(18-16-29)48-26-28-10-7-6-8-11-28/h4,6-19,23-24,37H,1,5,20-22,25-26H2,2-3H3,(H2,40,44)(H,41,43)/t37?,39-/m1/s1. The fourth-order valence-corrected chi connectivity index (χ4v) is 7.43. The molecule has 9 nitrogen and oxygen atoms in total. The minimum absolute atomic E-state index is 0.0594. The van der Waals surface area contributed by atoms with Gasteiger partial charge in [0.1, 0.15) is 22.5 Å². The number of hydrogen-bond donors (Lipinski definition) is 2. The molecular weight excluding hydrogens is 639 g/mol. The number of ether oxygens (including phenoxy) is 3. The van der Waals surface area contributed by atoms with E-state index in [1.54, 1.807) is 42.4 Å². The minimum atomic E-state index is -1.13. The first-order valence-electron chi connectivity index (χ1n) is 16.1. The summed E-state index contributed by atoms with van der Waals surface area (Å²) in [4.78, 5) is 41.7. The van der Waals surface area contributed by atoms with Crippen LogP contribution < -0.4 is 30.2 Å². The lowest BCUT2D eigenvalue weighted by Gasteiger charge is -2.26. The van der Waals surface area contributed by atoms with Crippen molar-refractivity contribution in [2.75, 3.05) is 25.2 Å². The van der Waals surface area contributed by atoms with E-state index < -0.39 is 16.0 Å². The molecule has 0 saturated carbocycles.